The molecule has 1 heterocycles. The quantitative estimate of drug-likeness (QED) is 0.164. The topological polar surface area (TPSA) is 184 Å². The first-order valence-corrected chi connectivity index (χ1v) is 11.6. The highest BCUT2D eigenvalue weighted by atomic mass is 32.2. The lowest BCUT2D eigenvalue weighted by Crippen LogP contribution is -2.42. The number of carboxylic acid groups (broad SMARTS) is 1. The summed E-state index contributed by atoms with van der Waals surface area (Å²) in [5.74, 6) is -1.39. The molecule has 2 aromatic rings. The lowest BCUT2D eigenvalue weighted by atomic mass is 10.0. The lowest BCUT2D eigenvalue weighted by molar-refractivity contribution is -0.139. The smallest absolute Gasteiger partial charge is 0.322 e. The number of amides is 1. The van der Waals surface area contributed by atoms with Crippen LogP contribution in [0.3, 0.4) is 0 Å². The maximum Gasteiger partial charge on any atom is 0.322 e. The van der Waals surface area contributed by atoms with Gasteiger partial charge in [0.25, 0.3) is 5.91 Å². The van der Waals surface area contributed by atoms with Gasteiger partial charge >= 0.3 is 5.97 Å². The number of hydrogen-bond acceptors (Lipinski definition) is 6. The standard InChI is InChI=1S/C21H25N5O6S/c22-21(23)24-10-4-7-18-19(27)25-15-11-13(8-9-17(15)32-18)12-16(20(28)29)26-33(30,31)14-5-2-1-3-6-14/h1-3,5-6,8-9,11,16,18,26H,4,7,10,12H2,(H,25,27)(H,28,29)(H4,22,23,24)/t16-,18+/m0/s1. The Balaban J connectivity index is 1.67. The molecule has 0 saturated heterocycles. The number of aliphatic carboxylic acids is 1. The summed E-state index contributed by atoms with van der Waals surface area (Å²) in [5.41, 5.74) is 6.10. The van der Waals surface area contributed by atoms with E-state index in [0.717, 1.165) is 0 Å². The fourth-order valence-corrected chi connectivity index (χ4v) is 4.51. The van der Waals surface area contributed by atoms with E-state index in [9.17, 15) is 23.1 Å². The Morgan fingerprint density at radius 3 is 2.64 bits per heavy atom. The van der Waals surface area contributed by atoms with Crippen molar-refractivity contribution in [2.24, 2.45) is 5.73 Å². The van der Waals surface area contributed by atoms with Gasteiger partial charge in [0.1, 0.15) is 11.8 Å². The summed E-state index contributed by atoms with van der Waals surface area (Å²) < 4.78 is 33.0. The molecule has 0 spiro atoms. The number of fused-ring (bicyclic) bond motifs is 1. The molecular weight excluding hydrogens is 450 g/mol. The Kier molecular flexibility index (Phi) is 7.51. The summed E-state index contributed by atoms with van der Waals surface area (Å²) in [6, 6.07) is 10.9. The number of benzene rings is 2. The van der Waals surface area contributed by atoms with Crippen LogP contribution in [0.1, 0.15) is 18.4 Å². The number of carbonyl (C=O) groups excluding carboxylic acids is 1. The zero-order valence-corrected chi connectivity index (χ0v) is 18.4. The van der Waals surface area contributed by atoms with Gasteiger partial charge in [-0.2, -0.15) is 4.72 Å². The van der Waals surface area contributed by atoms with Crippen LogP contribution in [0.15, 0.2) is 53.4 Å². The van der Waals surface area contributed by atoms with Gasteiger partial charge in [-0.15, -0.1) is 0 Å². The fourth-order valence-electron chi connectivity index (χ4n) is 3.30. The van der Waals surface area contributed by atoms with Crippen LogP contribution in [0.25, 0.3) is 0 Å². The van der Waals surface area contributed by atoms with Gasteiger partial charge in [-0.1, -0.05) is 24.3 Å². The Morgan fingerprint density at radius 1 is 1.24 bits per heavy atom. The van der Waals surface area contributed by atoms with Gasteiger partial charge in [0.2, 0.25) is 10.0 Å². The number of nitrogens with two attached hydrogens (primary N) is 1. The van der Waals surface area contributed by atoms with E-state index in [1.165, 1.54) is 12.1 Å². The predicted octanol–water partition coefficient (Wildman–Crippen LogP) is 0.624. The molecule has 0 saturated carbocycles. The highest BCUT2D eigenvalue weighted by molar-refractivity contribution is 7.89. The summed E-state index contributed by atoms with van der Waals surface area (Å²) in [6.45, 7) is 0.434. The monoisotopic (exact) mass is 475 g/mol. The Bertz CT molecular complexity index is 1140. The van der Waals surface area contributed by atoms with Crippen molar-refractivity contribution in [1.82, 2.24) is 10.0 Å². The number of anilines is 1. The highest BCUT2D eigenvalue weighted by Gasteiger charge is 2.29. The van der Waals surface area contributed by atoms with E-state index in [-0.39, 0.29) is 23.2 Å². The minimum atomic E-state index is -4.03. The summed E-state index contributed by atoms with van der Waals surface area (Å²) in [7, 11) is -4.03. The summed E-state index contributed by atoms with van der Waals surface area (Å²) in [6.07, 6.45) is 0.134. The molecule has 0 radical (unpaired) electrons. The third-order valence-electron chi connectivity index (χ3n) is 4.91. The second-order valence-corrected chi connectivity index (χ2v) is 9.15. The molecule has 2 aromatic carbocycles. The number of ether oxygens (including phenoxy) is 1. The number of carboxylic acids is 1. The summed E-state index contributed by atoms with van der Waals surface area (Å²) in [4.78, 5) is 24.0. The van der Waals surface area contributed by atoms with Gasteiger partial charge < -0.3 is 26.2 Å². The third kappa shape index (κ3) is 6.43. The first-order chi connectivity index (χ1) is 15.7. The van der Waals surface area contributed by atoms with Crippen LogP contribution < -0.4 is 25.8 Å². The van der Waals surface area contributed by atoms with Crippen LogP contribution in [0.2, 0.25) is 0 Å². The van der Waals surface area contributed by atoms with Crippen LogP contribution in [-0.2, 0) is 26.0 Å². The third-order valence-corrected chi connectivity index (χ3v) is 6.40. The second kappa shape index (κ2) is 10.3. The van der Waals surface area contributed by atoms with Gasteiger partial charge in [0, 0.05) is 6.54 Å². The van der Waals surface area contributed by atoms with E-state index in [0.29, 0.717) is 36.4 Å². The largest absolute Gasteiger partial charge is 0.480 e. The molecule has 2 atom stereocenters. The number of sulfonamides is 1. The maximum atomic E-state index is 12.5. The first-order valence-electron chi connectivity index (χ1n) is 10.1. The van der Waals surface area contributed by atoms with E-state index in [2.05, 4.69) is 15.4 Å². The van der Waals surface area contributed by atoms with Gasteiger partial charge in [0.15, 0.2) is 12.1 Å². The fraction of sp³-hybridized carbons (Fsp3) is 0.286. The van der Waals surface area contributed by atoms with Crippen molar-refractivity contribution >= 4 is 33.5 Å². The minimum Gasteiger partial charge on any atom is -0.480 e. The molecule has 0 unspecified atom stereocenters. The number of guanidine groups is 1. The number of carbonyl (C=O) groups is 2. The first kappa shape index (κ1) is 24.0. The van der Waals surface area contributed by atoms with Crippen molar-refractivity contribution in [3.63, 3.8) is 0 Å². The average molecular weight is 476 g/mol. The van der Waals surface area contributed by atoms with Crippen molar-refractivity contribution in [2.45, 2.75) is 36.3 Å². The van der Waals surface area contributed by atoms with E-state index in [4.69, 9.17) is 15.9 Å². The summed E-state index contributed by atoms with van der Waals surface area (Å²) in [5, 5.41) is 22.1. The van der Waals surface area contributed by atoms with Crippen molar-refractivity contribution in [2.75, 3.05) is 11.9 Å². The molecular formula is C21H25N5O6S. The zero-order chi connectivity index (χ0) is 24.0. The Morgan fingerprint density at radius 2 is 1.97 bits per heavy atom. The van der Waals surface area contributed by atoms with E-state index < -0.39 is 28.1 Å². The van der Waals surface area contributed by atoms with Crippen LogP contribution >= 0.6 is 0 Å². The molecule has 0 aliphatic carbocycles. The normalized spacial score (nSPS) is 16.1. The van der Waals surface area contributed by atoms with Gasteiger partial charge in [-0.05, 0) is 49.1 Å². The molecule has 7 N–H and O–H groups in total. The van der Waals surface area contributed by atoms with Gasteiger partial charge in [0.05, 0.1) is 10.6 Å². The molecule has 11 nitrogen and oxygen atoms in total. The molecule has 0 bridgehead atoms. The summed E-state index contributed by atoms with van der Waals surface area (Å²) >= 11 is 0. The van der Waals surface area contributed by atoms with Crippen molar-refractivity contribution in [3.8, 4) is 5.75 Å². The molecule has 3 rings (SSSR count). The molecule has 0 fully saturated rings. The van der Waals surface area contributed by atoms with Crippen molar-refractivity contribution < 1.29 is 27.9 Å². The molecule has 176 valence electrons. The Labute approximate surface area is 190 Å². The van der Waals surface area contributed by atoms with Crippen LogP contribution in [-0.4, -0.2) is 50.1 Å². The van der Waals surface area contributed by atoms with E-state index in [1.807, 2.05) is 0 Å². The molecule has 33 heavy (non-hydrogen) atoms. The molecule has 12 heteroatoms. The van der Waals surface area contributed by atoms with Crippen LogP contribution in [0, 0.1) is 5.41 Å². The molecule has 1 amide bonds. The van der Waals surface area contributed by atoms with E-state index >= 15 is 0 Å². The molecule has 0 aromatic heterocycles. The maximum absolute atomic E-state index is 12.5. The van der Waals surface area contributed by atoms with Gasteiger partial charge in [-0.25, -0.2) is 8.42 Å². The highest BCUT2D eigenvalue weighted by Crippen LogP contribution is 2.32. The lowest BCUT2D eigenvalue weighted by Gasteiger charge is -2.26. The average Bonchev–Trinajstić information content (AvgIpc) is 2.76. The SMILES string of the molecule is N=C(N)NCCC[C@H]1Oc2ccc(C[C@H](NS(=O)(=O)c3ccccc3)C(=O)O)cc2NC1=O. The predicted molar refractivity (Wildman–Crippen MR) is 121 cm³/mol. The second-order valence-electron chi connectivity index (χ2n) is 7.44. The van der Waals surface area contributed by atoms with Gasteiger partial charge in [-0.3, -0.25) is 15.0 Å². The Hall–Kier alpha value is -3.64. The molecule has 1 aliphatic heterocycles. The zero-order valence-electron chi connectivity index (χ0n) is 17.6. The van der Waals surface area contributed by atoms with Crippen LogP contribution in [0.5, 0.6) is 5.75 Å². The van der Waals surface area contributed by atoms with Crippen LogP contribution in [0.4, 0.5) is 5.69 Å². The number of hydrogen-bond donors (Lipinski definition) is 6. The molecule has 1 aliphatic rings. The van der Waals surface area contributed by atoms with E-state index in [1.54, 1.807) is 36.4 Å². The van der Waals surface area contributed by atoms with Crippen molar-refractivity contribution in [3.05, 3.63) is 54.1 Å². The number of nitrogens with one attached hydrogen (secondary N) is 4. The minimum absolute atomic E-state index is 0.0353. The number of rotatable bonds is 10. The van der Waals surface area contributed by atoms with Crippen molar-refractivity contribution in [1.29, 1.82) is 5.41 Å².